The summed E-state index contributed by atoms with van der Waals surface area (Å²) >= 11 is 0. The summed E-state index contributed by atoms with van der Waals surface area (Å²) < 4.78 is 7.54. The lowest BCUT2D eigenvalue weighted by atomic mass is 9.73. The van der Waals surface area contributed by atoms with Gasteiger partial charge in [0.1, 0.15) is 11.6 Å². The maximum atomic E-state index is 12.5. The number of carbonyl (C=O) groups is 1. The lowest BCUT2D eigenvalue weighted by Gasteiger charge is -2.46. The molecule has 2 bridgehead atoms. The van der Waals surface area contributed by atoms with Gasteiger partial charge in [-0.25, -0.2) is 4.98 Å². The quantitative estimate of drug-likeness (QED) is 0.861. The summed E-state index contributed by atoms with van der Waals surface area (Å²) in [6, 6.07) is 2.12. The first-order valence-corrected chi connectivity index (χ1v) is 9.41. The second-order valence-electron chi connectivity index (χ2n) is 8.22. The number of aromatic nitrogens is 4. The van der Waals surface area contributed by atoms with E-state index in [4.69, 9.17) is 4.74 Å². The first kappa shape index (κ1) is 16.0. The van der Waals surface area contributed by atoms with Crippen molar-refractivity contribution in [2.24, 2.45) is 5.92 Å². The normalized spacial score (nSPS) is 35.5. The number of amides is 1. The summed E-state index contributed by atoms with van der Waals surface area (Å²) in [5, 5.41) is 11.2. The molecule has 2 saturated heterocycles. The van der Waals surface area contributed by atoms with Gasteiger partial charge in [-0.15, -0.1) is 5.10 Å². The van der Waals surface area contributed by atoms with Gasteiger partial charge >= 0.3 is 0 Å². The van der Waals surface area contributed by atoms with Crippen molar-refractivity contribution in [1.82, 2.24) is 24.9 Å². The zero-order chi connectivity index (χ0) is 17.9. The van der Waals surface area contributed by atoms with Crippen molar-refractivity contribution in [1.29, 1.82) is 0 Å². The molecule has 2 N–H and O–H groups in total. The predicted octanol–water partition coefficient (Wildman–Crippen LogP) is 1.45. The molecule has 1 saturated carbocycles. The first-order valence-electron chi connectivity index (χ1n) is 9.41. The summed E-state index contributed by atoms with van der Waals surface area (Å²) in [5.41, 5.74) is -0.0722. The van der Waals surface area contributed by atoms with E-state index in [1.165, 1.54) is 0 Å². The molecule has 2 aliphatic heterocycles. The number of nitrogens with one attached hydrogen (secondary N) is 2. The van der Waals surface area contributed by atoms with E-state index in [0.717, 1.165) is 37.9 Å². The van der Waals surface area contributed by atoms with Crippen molar-refractivity contribution < 1.29 is 9.53 Å². The molecule has 0 aromatic carbocycles. The second kappa shape index (κ2) is 5.64. The maximum Gasteiger partial charge on any atom is 0.254 e. The summed E-state index contributed by atoms with van der Waals surface area (Å²) in [4.78, 5) is 21.1. The zero-order valence-electron chi connectivity index (χ0n) is 15.1. The Bertz CT molecular complexity index is 858. The smallest absolute Gasteiger partial charge is 0.254 e. The first-order chi connectivity index (χ1) is 12.5. The fourth-order valence-electron chi connectivity index (χ4n) is 4.75. The van der Waals surface area contributed by atoms with Crippen LogP contribution in [0, 0.1) is 12.8 Å². The maximum absolute atomic E-state index is 12.5. The number of carbonyl (C=O) groups excluding carboxylic acids is 1. The molecule has 5 rings (SSSR count). The van der Waals surface area contributed by atoms with Crippen molar-refractivity contribution >= 4 is 17.5 Å². The van der Waals surface area contributed by atoms with Crippen LogP contribution in [0.15, 0.2) is 12.3 Å². The van der Waals surface area contributed by atoms with Gasteiger partial charge in [0.15, 0.2) is 0 Å². The highest BCUT2D eigenvalue weighted by Gasteiger charge is 2.47. The third-order valence-corrected chi connectivity index (χ3v) is 5.96. The molecular weight excluding hydrogens is 332 g/mol. The monoisotopic (exact) mass is 356 g/mol. The fraction of sp³-hybridized carbons (Fsp3) is 0.667. The van der Waals surface area contributed by atoms with E-state index in [1.807, 2.05) is 13.0 Å². The molecule has 8 heteroatoms. The molecule has 1 amide bonds. The van der Waals surface area contributed by atoms with Gasteiger partial charge in [-0.1, -0.05) is 0 Å². The molecule has 26 heavy (non-hydrogen) atoms. The van der Waals surface area contributed by atoms with Gasteiger partial charge in [0.25, 0.3) is 5.78 Å². The van der Waals surface area contributed by atoms with E-state index >= 15 is 0 Å². The Morgan fingerprint density at radius 3 is 2.96 bits per heavy atom. The zero-order valence-corrected chi connectivity index (χ0v) is 15.1. The van der Waals surface area contributed by atoms with Crippen LogP contribution in [0.5, 0.6) is 0 Å². The highest BCUT2D eigenvalue weighted by molar-refractivity contribution is 5.80. The minimum atomic E-state index is -0.0722. The SMILES string of the molecule is Cc1nc2nccc(NC3(C)CC(NC(=O)C4CC5CCC4O5)C3)n2n1. The van der Waals surface area contributed by atoms with Crippen LogP contribution in [0.4, 0.5) is 5.82 Å². The van der Waals surface area contributed by atoms with Gasteiger partial charge in [0, 0.05) is 17.8 Å². The van der Waals surface area contributed by atoms with Crippen LogP contribution in [0.1, 0.15) is 44.9 Å². The van der Waals surface area contributed by atoms with Gasteiger partial charge < -0.3 is 15.4 Å². The van der Waals surface area contributed by atoms with E-state index in [0.29, 0.717) is 17.7 Å². The number of hydrogen-bond donors (Lipinski definition) is 2. The molecule has 8 nitrogen and oxygen atoms in total. The summed E-state index contributed by atoms with van der Waals surface area (Å²) in [6.45, 7) is 4.03. The molecular formula is C18H24N6O2. The van der Waals surface area contributed by atoms with Crippen molar-refractivity contribution in [2.75, 3.05) is 5.32 Å². The number of rotatable bonds is 4. The average molecular weight is 356 g/mol. The van der Waals surface area contributed by atoms with E-state index in [-0.39, 0.29) is 29.5 Å². The van der Waals surface area contributed by atoms with Crippen LogP contribution in [0.25, 0.3) is 5.78 Å². The summed E-state index contributed by atoms with van der Waals surface area (Å²) in [5.74, 6) is 2.39. The average Bonchev–Trinajstić information content (AvgIpc) is 3.27. The Kier molecular flexibility index (Phi) is 3.47. The van der Waals surface area contributed by atoms with Crippen molar-refractivity contribution in [2.45, 2.75) is 69.7 Å². The van der Waals surface area contributed by atoms with Gasteiger partial charge in [-0.3, -0.25) is 4.79 Å². The molecule has 0 radical (unpaired) electrons. The Balaban J connectivity index is 1.21. The van der Waals surface area contributed by atoms with Gasteiger partial charge in [-0.05, 0) is 52.0 Å². The van der Waals surface area contributed by atoms with Crippen molar-refractivity contribution in [3.63, 3.8) is 0 Å². The number of aryl methyl sites for hydroxylation is 1. The van der Waals surface area contributed by atoms with Crippen LogP contribution >= 0.6 is 0 Å². The van der Waals surface area contributed by atoms with E-state index in [1.54, 1.807) is 10.7 Å². The van der Waals surface area contributed by atoms with E-state index in [2.05, 4.69) is 32.6 Å². The molecule has 1 aliphatic carbocycles. The molecule has 3 fully saturated rings. The third-order valence-electron chi connectivity index (χ3n) is 5.96. The standard InChI is InChI=1S/C18H24N6O2/c1-10-20-17-19-6-5-15(24(17)23-10)22-18(2)8-11(9-18)21-16(25)13-7-12-3-4-14(13)26-12/h5-6,11-14,22H,3-4,7-9H2,1-2H3,(H,21,25). The number of fused-ring (bicyclic) bond motifs is 3. The van der Waals surface area contributed by atoms with Crippen LogP contribution < -0.4 is 10.6 Å². The number of nitrogens with zero attached hydrogens (tertiary/aromatic N) is 4. The van der Waals surface area contributed by atoms with Crippen LogP contribution in [0.2, 0.25) is 0 Å². The molecule has 4 heterocycles. The minimum Gasteiger partial charge on any atom is -0.374 e. The Labute approximate surface area is 151 Å². The highest BCUT2D eigenvalue weighted by Crippen LogP contribution is 2.40. The van der Waals surface area contributed by atoms with Crippen molar-refractivity contribution in [3.8, 4) is 0 Å². The lowest BCUT2D eigenvalue weighted by molar-refractivity contribution is -0.128. The van der Waals surface area contributed by atoms with Crippen LogP contribution in [0.3, 0.4) is 0 Å². The number of anilines is 1. The van der Waals surface area contributed by atoms with Crippen LogP contribution in [-0.2, 0) is 9.53 Å². The highest BCUT2D eigenvalue weighted by atomic mass is 16.5. The minimum absolute atomic E-state index is 0.0477. The Morgan fingerprint density at radius 1 is 1.38 bits per heavy atom. The summed E-state index contributed by atoms with van der Waals surface area (Å²) in [7, 11) is 0. The molecule has 3 aliphatic rings. The largest absolute Gasteiger partial charge is 0.374 e. The van der Waals surface area contributed by atoms with E-state index < -0.39 is 0 Å². The number of ether oxygens (including phenoxy) is 1. The van der Waals surface area contributed by atoms with Gasteiger partial charge in [0.05, 0.1) is 18.1 Å². The summed E-state index contributed by atoms with van der Waals surface area (Å²) in [6.07, 6.45) is 7.00. The van der Waals surface area contributed by atoms with Gasteiger partial charge in [-0.2, -0.15) is 9.50 Å². The molecule has 3 unspecified atom stereocenters. The topological polar surface area (TPSA) is 93.4 Å². The number of hydrogen-bond acceptors (Lipinski definition) is 6. The van der Waals surface area contributed by atoms with Gasteiger partial charge in [0.2, 0.25) is 5.91 Å². The fourth-order valence-corrected chi connectivity index (χ4v) is 4.75. The van der Waals surface area contributed by atoms with Crippen molar-refractivity contribution in [3.05, 3.63) is 18.1 Å². The van der Waals surface area contributed by atoms with Crippen LogP contribution in [-0.4, -0.2) is 49.3 Å². The van der Waals surface area contributed by atoms with E-state index in [9.17, 15) is 4.79 Å². The Morgan fingerprint density at radius 2 is 2.23 bits per heavy atom. The molecule has 2 aromatic rings. The third kappa shape index (κ3) is 2.63. The molecule has 0 spiro atoms. The molecule has 3 atom stereocenters. The lowest BCUT2D eigenvalue weighted by Crippen LogP contribution is -2.58. The molecule has 138 valence electrons. The molecule has 2 aromatic heterocycles. The predicted molar refractivity (Wildman–Crippen MR) is 94.7 cm³/mol. The Hall–Kier alpha value is -2.22. The second-order valence-corrected chi connectivity index (χ2v) is 8.22.